The molecule has 2 N–H and O–H groups in total. The molecule has 2 saturated heterocycles. The Hall–Kier alpha value is -2.04. The number of aromatic nitrogens is 1. The Morgan fingerprint density at radius 1 is 1.36 bits per heavy atom. The molecule has 0 unspecified atom stereocenters. The van der Waals surface area contributed by atoms with Crippen molar-refractivity contribution in [3.8, 4) is 0 Å². The van der Waals surface area contributed by atoms with Crippen LogP contribution >= 0.6 is 11.3 Å². The molecule has 2 fully saturated rings. The van der Waals surface area contributed by atoms with E-state index in [4.69, 9.17) is 9.84 Å². The Morgan fingerprint density at radius 2 is 2.12 bits per heavy atom. The molecule has 10 heteroatoms. The zero-order chi connectivity index (χ0) is 24.1. The van der Waals surface area contributed by atoms with Crippen molar-refractivity contribution in [2.75, 3.05) is 27.2 Å². The van der Waals surface area contributed by atoms with Gasteiger partial charge in [-0.1, -0.05) is 26.7 Å². The second-order valence-corrected chi connectivity index (χ2v) is 10.1. The van der Waals surface area contributed by atoms with Gasteiger partial charge >= 0.3 is 5.97 Å². The van der Waals surface area contributed by atoms with Crippen molar-refractivity contribution in [1.29, 1.82) is 0 Å². The Bertz CT molecular complexity index is 847. The highest BCUT2D eigenvalue weighted by Crippen LogP contribution is 2.32. The number of amides is 2. The van der Waals surface area contributed by atoms with E-state index in [0.29, 0.717) is 24.5 Å². The third kappa shape index (κ3) is 6.10. The number of carbonyl (C=O) groups excluding carboxylic acids is 2. The highest BCUT2D eigenvalue weighted by molar-refractivity contribution is 7.09. The first-order chi connectivity index (χ1) is 15.7. The van der Waals surface area contributed by atoms with Gasteiger partial charge in [0.15, 0.2) is 5.69 Å². The number of rotatable bonds is 8. The van der Waals surface area contributed by atoms with E-state index in [-0.39, 0.29) is 41.6 Å². The van der Waals surface area contributed by atoms with Crippen LogP contribution in [-0.2, 0) is 14.3 Å². The van der Waals surface area contributed by atoms with E-state index in [1.54, 1.807) is 11.9 Å². The molecule has 184 valence electrons. The number of thiazole rings is 1. The van der Waals surface area contributed by atoms with Crippen LogP contribution in [0, 0.1) is 5.92 Å². The molecule has 2 amide bonds. The summed E-state index contributed by atoms with van der Waals surface area (Å²) in [7, 11) is 3.75. The number of carbonyl (C=O) groups is 3. The Labute approximate surface area is 199 Å². The molecule has 0 spiro atoms. The lowest BCUT2D eigenvalue weighted by Crippen LogP contribution is -2.57. The summed E-state index contributed by atoms with van der Waals surface area (Å²) in [6.07, 6.45) is 4.59. The molecule has 0 aliphatic carbocycles. The number of nitrogens with zero attached hydrogens (tertiary/aromatic N) is 3. The second kappa shape index (κ2) is 11.4. The molecule has 3 rings (SSSR count). The Morgan fingerprint density at radius 3 is 2.76 bits per heavy atom. The van der Waals surface area contributed by atoms with Crippen LogP contribution in [0.2, 0.25) is 0 Å². The monoisotopic (exact) mass is 480 g/mol. The number of hydrogen-bond acceptors (Lipinski definition) is 7. The van der Waals surface area contributed by atoms with Crippen molar-refractivity contribution >= 4 is 29.1 Å². The van der Waals surface area contributed by atoms with Gasteiger partial charge in [0.2, 0.25) is 11.8 Å². The normalized spacial score (nSPS) is 25.8. The number of ether oxygens (including phenoxy) is 1. The first-order valence-electron chi connectivity index (χ1n) is 11.8. The van der Waals surface area contributed by atoms with Gasteiger partial charge in [-0.3, -0.25) is 14.5 Å². The van der Waals surface area contributed by atoms with Crippen molar-refractivity contribution < 1.29 is 24.2 Å². The van der Waals surface area contributed by atoms with Crippen molar-refractivity contribution in [3.63, 3.8) is 0 Å². The quantitative estimate of drug-likeness (QED) is 0.588. The molecule has 33 heavy (non-hydrogen) atoms. The van der Waals surface area contributed by atoms with Gasteiger partial charge < -0.3 is 20.1 Å². The van der Waals surface area contributed by atoms with Crippen LogP contribution in [-0.4, -0.2) is 83.0 Å². The number of carboxylic acid groups (broad SMARTS) is 1. The predicted octanol–water partition coefficient (Wildman–Crippen LogP) is 2.54. The molecule has 9 nitrogen and oxygen atoms in total. The summed E-state index contributed by atoms with van der Waals surface area (Å²) in [6, 6.07) is -0.846. The van der Waals surface area contributed by atoms with Crippen molar-refractivity contribution in [3.05, 3.63) is 16.1 Å². The summed E-state index contributed by atoms with van der Waals surface area (Å²) >= 11 is 1.26. The van der Waals surface area contributed by atoms with E-state index >= 15 is 0 Å². The first-order valence-corrected chi connectivity index (χ1v) is 12.7. The predicted molar refractivity (Wildman–Crippen MR) is 125 cm³/mol. The summed E-state index contributed by atoms with van der Waals surface area (Å²) in [6.45, 7) is 5.37. The fourth-order valence-electron chi connectivity index (χ4n) is 4.58. The first kappa shape index (κ1) is 25.6. The molecule has 2 aliphatic rings. The fraction of sp³-hybridized carbons (Fsp3) is 0.739. The maximum Gasteiger partial charge on any atom is 0.355 e. The van der Waals surface area contributed by atoms with Gasteiger partial charge in [0.1, 0.15) is 17.2 Å². The van der Waals surface area contributed by atoms with Gasteiger partial charge in [-0.05, 0) is 38.8 Å². The summed E-state index contributed by atoms with van der Waals surface area (Å²) in [5, 5.41) is 14.3. The smallest absolute Gasteiger partial charge is 0.355 e. The minimum absolute atomic E-state index is 0.00511. The summed E-state index contributed by atoms with van der Waals surface area (Å²) in [5.41, 5.74) is 0.0115. The van der Waals surface area contributed by atoms with Crippen LogP contribution in [0.25, 0.3) is 0 Å². The lowest BCUT2D eigenvalue weighted by molar-refractivity contribution is -0.142. The number of likely N-dealkylation sites (tertiary alicyclic amines) is 1. The van der Waals surface area contributed by atoms with Crippen LogP contribution in [0.5, 0.6) is 0 Å². The van der Waals surface area contributed by atoms with Crippen molar-refractivity contribution in [2.24, 2.45) is 5.92 Å². The van der Waals surface area contributed by atoms with Crippen molar-refractivity contribution in [1.82, 2.24) is 20.1 Å². The van der Waals surface area contributed by atoms with Gasteiger partial charge in [-0.2, -0.15) is 0 Å². The number of hydrogen-bond donors (Lipinski definition) is 2. The van der Waals surface area contributed by atoms with Crippen LogP contribution in [0.3, 0.4) is 0 Å². The van der Waals surface area contributed by atoms with Crippen molar-refractivity contribution in [2.45, 2.75) is 76.6 Å². The van der Waals surface area contributed by atoms with Gasteiger partial charge in [0.05, 0.1) is 6.04 Å². The molecule has 1 aromatic heterocycles. The van der Waals surface area contributed by atoms with Crippen LogP contribution in [0.4, 0.5) is 0 Å². The van der Waals surface area contributed by atoms with Crippen LogP contribution in [0.15, 0.2) is 5.38 Å². The molecular weight excluding hydrogens is 444 g/mol. The molecule has 3 heterocycles. The van der Waals surface area contributed by atoms with Crippen LogP contribution < -0.4 is 5.32 Å². The third-order valence-electron chi connectivity index (χ3n) is 7.02. The SMILES string of the molecule is CC[C@H](C)[C@H](NC(=O)[C@H]1CCCCN1C)C(=O)N(C)[C@H]1CCO[C@@H](c2nc(C(=O)O)cs2)C1. The highest BCUT2D eigenvalue weighted by Gasteiger charge is 2.37. The average molecular weight is 481 g/mol. The lowest BCUT2D eigenvalue weighted by Gasteiger charge is -2.38. The van der Waals surface area contributed by atoms with Gasteiger partial charge in [0.25, 0.3) is 0 Å². The number of aromatic carboxylic acids is 1. The molecule has 0 radical (unpaired) electrons. The third-order valence-corrected chi connectivity index (χ3v) is 7.95. The zero-order valence-electron chi connectivity index (χ0n) is 20.0. The number of carboxylic acids is 1. The van der Waals surface area contributed by atoms with Gasteiger partial charge in [0, 0.05) is 31.5 Å². The zero-order valence-corrected chi connectivity index (χ0v) is 20.8. The number of piperidine rings is 1. The largest absolute Gasteiger partial charge is 0.476 e. The van der Waals surface area contributed by atoms with Gasteiger partial charge in [-0.15, -0.1) is 11.3 Å². The lowest BCUT2D eigenvalue weighted by atomic mass is 9.94. The van der Waals surface area contributed by atoms with E-state index in [0.717, 1.165) is 32.2 Å². The standard InChI is InChI=1S/C23H36N4O5S/c1-5-14(2)19(25-20(28)17-8-6-7-10-26(17)3)22(29)27(4)15-9-11-32-18(12-15)21-24-16(13-33-21)23(30)31/h13-15,17-19H,5-12H2,1-4H3,(H,25,28)(H,30,31)/t14-,15-,17+,18+,19-/m0/s1. The van der Waals surface area contributed by atoms with E-state index in [1.165, 1.54) is 16.7 Å². The van der Waals surface area contributed by atoms with E-state index in [2.05, 4.69) is 15.2 Å². The van der Waals surface area contributed by atoms with Crippen LogP contribution in [0.1, 0.15) is 74.0 Å². The molecule has 0 aromatic carbocycles. The minimum Gasteiger partial charge on any atom is -0.476 e. The van der Waals surface area contributed by atoms with E-state index < -0.39 is 12.0 Å². The second-order valence-electron chi connectivity index (χ2n) is 9.23. The number of likely N-dealkylation sites (N-methyl/N-ethyl adjacent to an activating group) is 2. The highest BCUT2D eigenvalue weighted by atomic mass is 32.1. The maximum absolute atomic E-state index is 13.5. The topological polar surface area (TPSA) is 112 Å². The maximum atomic E-state index is 13.5. The molecule has 5 atom stereocenters. The number of nitrogens with one attached hydrogen (secondary N) is 1. The molecule has 0 saturated carbocycles. The average Bonchev–Trinajstić information content (AvgIpc) is 3.32. The summed E-state index contributed by atoms with van der Waals surface area (Å²) < 4.78 is 5.84. The minimum atomic E-state index is -1.06. The van der Waals surface area contributed by atoms with Gasteiger partial charge in [-0.25, -0.2) is 9.78 Å². The Kier molecular flexibility index (Phi) is 8.83. The van der Waals surface area contributed by atoms with E-state index in [9.17, 15) is 14.4 Å². The summed E-state index contributed by atoms with van der Waals surface area (Å²) in [5.74, 6) is -1.22. The molecule has 2 aliphatic heterocycles. The molecule has 0 bridgehead atoms. The van der Waals surface area contributed by atoms with E-state index in [1.807, 2.05) is 20.9 Å². The Balaban J connectivity index is 1.68. The summed E-state index contributed by atoms with van der Waals surface area (Å²) in [4.78, 5) is 45.7. The molecule has 1 aromatic rings. The molecular formula is C23H36N4O5S. The fourth-order valence-corrected chi connectivity index (χ4v) is 5.43.